The smallest absolute Gasteiger partial charge is 0.292 e. The van der Waals surface area contributed by atoms with E-state index in [1.54, 1.807) is 21.1 Å². The zero-order valence-electron chi connectivity index (χ0n) is 14.6. The van der Waals surface area contributed by atoms with Crippen molar-refractivity contribution >= 4 is 5.91 Å². The summed E-state index contributed by atoms with van der Waals surface area (Å²) >= 11 is 0. The summed E-state index contributed by atoms with van der Waals surface area (Å²) in [5.74, 6) is 1.70. The van der Waals surface area contributed by atoms with Crippen molar-refractivity contribution in [1.82, 2.24) is 20.4 Å². The fraction of sp³-hybridized carbons (Fsp3) is 0.471. The molecule has 0 aliphatic carbocycles. The van der Waals surface area contributed by atoms with Crippen molar-refractivity contribution in [2.24, 2.45) is 0 Å². The van der Waals surface area contributed by atoms with Gasteiger partial charge in [0.15, 0.2) is 0 Å². The van der Waals surface area contributed by atoms with Crippen LogP contribution in [0.15, 0.2) is 22.7 Å². The van der Waals surface area contributed by atoms with Crippen LogP contribution in [0.1, 0.15) is 28.5 Å². The first-order valence-corrected chi connectivity index (χ1v) is 8.13. The zero-order valence-corrected chi connectivity index (χ0v) is 14.6. The third-order valence-electron chi connectivity index (χ3n) is 4.16. The number of likely N-dealkylation sites (tertiary alicyclic amines) is 1. The summed E-state index contributed by atoms with van der Waals surface area (Å²) in [6.07, 6.45) is 0.879. The summed E-state index contributed by atoms with van der Waals surface area (Å²) in [6, 6.07) is 5.91. The lowest BCUT2D eigenvalue weighted by Gasteiger charge is -2.17. The highest BCUT2D eigenvalue weighted by Gasteiger charge is 2.26. The molecule has 1 amide bonds. The van der Waals surface area contributed by atoms with Crippen molar-refractivity contribution in [3.63, 3.8) is 0 Å². The second kappa shape index (κ2) is 7.52. The van der Waals surface area contributed by atoms with Crippen molar-refractivity contribution in [3.05, 3.63) is 35.5 Å². The van der Waals surface area contributed by atoms with Crippen LogP contribution < -0.4 is 14.8 Å². The van der Waals surface area contributed by atoms with Crippen LogP contribution >= 0.6 is 0 Å². The molecule has 0 spiro atoms. The van der Waals surface area contributed by atoms with Crippen LogP contribution in [-0.4, -0.2) is 54.3 Å². The van der Waals surface area contributed by atoms with Crippen LogP contribution in [0.25, 0.3) is 0 Å². The van der Waals surface area contributed by atoms with Gasteiger partial charge in [0.1, 0.15) is 11.5 Å². The molecule has 25 heavy (non-hydrogen) atoms. The molecule has 1 aromatic heterocycles. The molecule has 8 nitrogen and oxygen atoms in total. The lowest BCUT2D eigenvalue weighted by Crippen LogP contribution is -2.37. The van der Waals surface area contributed by atoms with Gasteiger partial charge < -0.3 is 19.3 Å². The number of benzene rings is 1. The third kappa shape index (κ3) is 4.27. The molecule has 0 saturated carbocycles. The highest BCUT2D eigenvalue weighted by molar-refractivity contribution is 5.90. The van der Waals surface area contributed by atoms with Crippen LogP contribution in [0.2, 0.25) is 0 Å². The molecular weight excluding hydrogens is 324 g/mol. The van der Waals surface area contributed by atoms with Gasteiger partial charge in [-0.25, -0.2) is 0 Å². The molecule has 134 valence electrons. The molecule has 2 aromatic rings. The van der Waals surface area contributed by atoms with Crippen molar-refractivity contribution in [2.45, 2.75) is 25.9 Å². The summed E-state index contributed by atoms with van der Waals surface area (Å²) in [4.78, 5) is 18.3. The van der Waals surface area contributed by atoms with Gasteiger partial charge in [-0.15, -0.1) is 0 Å². The average molecular weight is 346 g/mol. The van der Waals surface area contributed by atoms with Gasteiger partial charge in [-0.3, -0.25) is 9.69 Å². The van der Waals surface area contributed by atoms with Crippen molar-refractivity contribution in [2.75, 3.05) is 27.3 Å². The van der Waals surface area contributed by atoms with E-state index in [0.717, 1.165) is 43.1 Å². The van der Waals surface area contributed by atoms with E-state index in [-0.39, 0.29) is 17.8 Å². The molecule has 1 N–H and O–H groups in total. The van der Waals surface area contributed by atoms with Crippen LogP contribution in [0.5, 0.6) is 11.5 Å². The molecule has 0 bridgehead atoms. The van der Waals surface area contributed by atoms with Gasteiger partial charge in [0.2, 0.25) is 5.89 Å². The third-order valence-corrected chi connectivity index (χ3v) is 4.16. The van der Waals surface area contributed by atoms with Gasteiger partial charge in [-0.2, -0.15) is 4.98 Å². The minimum absolute atomic E-state index is 0.0683. The molecule has 1 aliphatic heterocycles. The van der Waals surface area contributed by atoms with Gasteiger partial charge in [0, 0.05) is 38.7 Å². The van der Waals surface area contributed by atoms with Gasteiger partial charge >= 0.3 is 0 Å². The van der Waals surface area contributed by atoms with E-state index in [4.69, 9.17) is 14.0 Å². The molecule has 1 fully saturated rings. The number of nitrogens with one attached hydrogen (secondary N) is 1. The summed E-state index contributed by atoms with van der Waals surface area (Å²) < 4.78 is 15.5. The predicted octanol–water partition coefficient (Wildman–Crippen LogP) is 1.40. The highest BCUT2D eigenvalue weighted by Crippen LogP contribution is 2.24. The molecule has 1 aromatic carbocycles. The molecule has 1 aliphatic rings. The molecule has 3 rings (SSSR count). The quantitative estimate of drug-likeness (QED) is 0.845. The standard InChI is InChI=1S/C17H22N4O4/c1-11-18-16(20-25-11)17(22)19-13-4-5-21(10-13)9-12-6-14(23-2)8-15(7-12)24-3/h6-8,13H,4-5,9-10H2,1-3H3,(H,19,22)/t13-/m1/s1. The van der Waals surface area contributed by atoms with E-state index in [2.05, 4.69) is 20.4 Å². The summed E-state index contributed by atoms with van der Waals surface area (Å²) in [5.41, 5.74) is 1.11. The zero-order chi connectivity index (χ0) is 17.8. The lowest BCUT2D eigenvalue weighted by molar-refractivity contribution is 0.0924. The topological polar surface area (TPSA) is 89.7 Å². The maximum Gasteiger partial charge on any atom is 0.292 e. The number of nitrogens with zero attached hydrogens (tertiary/aromatic N) is 3. The van der Waals surface area contributed by atoms with Gasteiger partial charge in [-0.1, -0.05) is 5.16 Å². The Bertz CT molecular complexity index is 724. The number of aryl methyl sites for hydroxylation is 1. The summed E-state index contributed by atoms with van der Waals surface area (Å²) in [7, 11) is 3.28. The van der Waals surface area contributed by atoms with Crippen LogP contribution in [0, 0.1) is 6.92 Å². The maximum atomic E-state index is 12.1. The number of rotatable bonds is 6. The number of hydrogen-bond donors (Lipinski definition) is 1. The minimum Gasteiger partial charge on any atom is -0.497 e. The average Bonchev–Trinajstić information content (AvgIpc) is 3.23. The predicted molar refractivity (Wildman–Crippen MR) is 89.7 cm³/mol. The summed E-state index contributed by atoms with van der Waals surface area (Å²) in [6.45, 7) is 4.09. The second-order valence-corrected chi connectivity index (χ2v) is 6.05. The van der Waals surface area contributed by atoms with Crippen molar-refractivity contribution < 1.29 is 18.8 Å². The number of carbonyl (C=O) groups is 1. The molecule has 8 heteroatoms. The molecule has 1 atom stereocenters. The molecule has 0 unspecified atom stereocenters. The van der Waals surface area contributed by atoms with Crippen molar-refractivity contribution in [3.8, 4) is 11.5 Å². The van der Waals surface area contributed by atoms with E-state index in [1.165, 1.54) is 0 Å². The Kier molecular flexibility index (Phi) is 5.18. The van der Waals surface area contributed by atoms with Gasteiger partial charge in [0.05, 0.1) is 14.2 Å². The lowest BCUT2D eigenvalue weighted by atomic mass is 10.2. The summed E-state index contributed by atoms with van der Waals surface area (Å²) in [5, 5.41) is 6.60. The van der Waals surface area contributed by atoms with Crippen molar-refractivity contribution in [1.29, 1.82) is 0 Å². The Balaban J connectivity index is 1.57. The number of methoxy groups -OCH3 is 2. The molecule has 0 radical (unpaired) electrons. The van der Waals surface area contributed by atoms with Crippen LogP contribution in [0.4, 0.5) is 0 Å². The Labute approximate surface area is 146 Å². The number of hydrogen-bond acceptors (Lipinski definition) is 7. The molecule has 1 saturated heterocycles. The second-order valence-electron chi connectivity index (χ2n) is 6.05. The Hall–Kier alpha value is -2.61. The number of carbonyl (C=O) groups excluding carboxylic acids is 1. The first-order valence-electron chi connectivity index (χ1n) is 8.13. The van der Waals surface area contributed by atoms with Crippen LogP contribution in [0.3, 0.4) is 0 Å². The Morgan fingerprint density at radius 2 is 2.04 bits per heavy atom. The minimum atomic E-state index is -0.299. The fourth-order valence-electron chi connectivity index (χ4n) is 2.95. The monoisotopic (exact) mass is 346 g/mol. The number of ether oxygens (including phenoxy) is 2. The number of amides is 1. The molecule has 2 heterocycles. The SMILES string of the molecule is COc1cc(CN2CC[C@@H](NC(=O)c3noc(C)n3)C2)cc(OC)c1. The van der Waals surface area contributed by atoms with E-state index in [1.807, 2.05) is 18.2 Å². The largest absolute Gasteiger partial charge is 0.497 e. The fourth-order valence-corrected chi connectivity index (χ4v) is 2.95. The maximum absolute atomic E-state index is 12.1. The first-order chi connectivity index (χ1) is 12.1. The molecular formula is C17H22N4O4. The van der Waals surface area contributed by atoms with E-state index in [9.17, 15) is 4.79 Å². The number of aromatic nitrogens is 2. The normalized spacial score (nSPS) is 17.5. The van der Waals surface area contributed by atoms with E-state index >= 15 is 0 Å². The van der Waals surface area contributed by atoms with Crippen LogP contribution in [-0.2, 0) is 6.54 Å². The van der Waals surface area contributed by atoms with Gasteiger partial charge in [-0.05, 0) is 24.1 Å². The first kappa shape index (κ1) is 17.2. The van der Waals surface area contributed by atoms with Gasteiger partial charge in [0.25, 0.3) is 11.7 Å². The Morgan fingerprint density at radius 1 is 1.32 bits per heavy atom. The highest BCUT2D eigenvalue weighted by atomic mass is 16.5. The van der Waals surface area contributed by atoms with E-state index < -0.39 is 0 Å². The van der Waals surface area contributed by atoms with E-state index in [0.29, 0.717) is 5.89 Å². The Morgan fingerprint density at radius 3 is 2.64 bits per heavy atom.